The third kappa shape index (κ3) is 8.48. The van der Waals surface area contributed by atoms with Crippen LogP contribution in [0.5, 0.6) is 0 Å². The second-order valence-corrected chi connectivity index (χ2v) is 10.4. The van der Waals surface area contributed by atoms with Crippen molar-refractivity contribution in [3.05, 3.63) is 126 Å². The highest BCUT2D eigenvalue weighted by Crippen LogP contribution is 2.26. The summed E-state index contributed by atoms with van der Waals surface area (Å²) in [5.41, 5.74) is 2.85. The highest BCUT2D eigenvalue weighted by Gasteiger charge is 2.17. The van der Waals surface area contributed by atoms with E-state index in [2.05, 4.69) is 20.9 Å². The molecule has 8 nitrogen and oxygen atoms in total. The summed E-state index contributed by atoms with van der Waals surface area (Å²) in [6.45, 7) is 3.29. The molecule has 3 N–H and O–H groups in total. The van der Waals surface area contributed by atoms with Gasteiger partial charge in [-0.2, -0.15) is 0 Å². The Hall–Kier alpha value is -5.02. The van der Waals surface area contributed by atoms with Crippen molar-refractivity contribution in [1.82, 2.24) is 10.3 Å². The SMILES string of the molecule is CC(=O)c1ccc(NC(=O)C(C)Sc2ccc(NC(=O)/C(=C/c3cccnc3)NC(=O)c3ccccc3)cc2)cc1. The normalized spacial score (nSPS) is 11.7. The number of rotatable bonds is 10. The lowest BCUT2D eigenvalue weighted by Crippen LogP contribution is -2.30. The van der Waals surface area contributed by atoms with Gasteiger partial charge >= 0.3 is 0 Å². The molecule has 9 heteroatoms. The Bertz CT molecular complexity index is 1560. The quantitative estimate of drug-likeness (QED) is 0.127. The smallest absolute Gasteiger partial charge is 0.272 e. The van der Waals surface area contributed by atoms with E-state index in [-0.39, 0.29) is 17.4 Å². The molecule has 1 heterocycles. The van der Waals surface area contributed by atoms with Crippen molar-refractivity contribution in [2.24, 2.45) is 0 Å². The van der Waals surface area contributed by atoms with E-state index in [1.54, 1.807) is 116 Å². The molecule has 0 fully saturated rings. The molecule has 1 unspecified atom stereocenters. The lowest BCUT2D eigenvalue weighted by molar-refractivity contribution is -0.115. The van der Waals surface area contributed by atoms with Gasteiger partial charge in [0.1, 0.15) is 5.70 Å². The van der Waals surface area contributed by atoms with Crippen LogP contribution in [0, 0.1) is 0 Å². The van der Waals surface area contributed by atoms with Crippen molar-refractivity contribution in [1.29, 1.82) is 0 Å². The van der Waals surface area contributed by atoms with E-state index < -0.39 is 17.1 Å². The van der Waals surface area contributed by atoms with Crippen LogP contribution in [0.4, 0.5) is 11.4 Å². The minimum absolute atomic E-state index is 0.0379. The fourth-order valence-electron chi connectivity index (χ4n) is 3.68. The first-order valence-electron chi connectivity index (χ1n) is 12.8. The Kier molecular flexibility index (Phi) is 9.80. The van der Waals surface area contributed by atoms with Gasteiger partial charge in [-0.3, -0.25) is 24.2 Å². The molecule has 0 aliphatic heterocycles. The summed E-state index contributed by atoms with van der Waals surface area (Å²) in [5, 5.41) is 7.96. The number of nitrogens with one attached hydrogen (secondary N) is 3. The third-order valence-corrected chi connectivity index (χ3v) is 6.99. The zero-order chi connectivity index (χ0) is 29.2. The Balaban J connectivity index is 1.39. The molecule has 0 aliphatic rings. The van der Waals surface area contributed by atoms with Crippen molar-refractivity contribution < 1.29 is 19.2 Å². The molecule has 3 aromatic carbocycles. The van der Waals surface area contributed by atoms with Gasteiger partial charge in [0.05, 0.1) is 5.25 Å². The third-order valence-electron chi connectivity index (χ3n) is 5.88. The van der Waals surface area contributed by atoms with Crippen LogP contribution in [0.2, 0.25) is 0 Å². The first-order chi connectivity index (χ1) is 19.8. The molecule has 1 atom stereocenters. The summed E-state index contributed by atoms with van der Waals surface area (Å²) in [6, 6.07) is 25.9. The average molecular weight is 565 g/mol. The number of anilines is 2. The molecule has 0 saturated heterocycles. The van der Waals surface area contributed by atoms with Crippen molar-refractivity contribution in [2.75, 3.05) is 10.6 Å². The molecule has 4 aromatic rings. The standard InChI is InChI=1S/C32H28N4O4S/c1-21(37)24-10-12-26(13-11-24)34-30(38)22(2)41-28-16-14-27(15-17-28)35-32(40)29(19-23-7-6-18-33-20-23)36-31(39)25-8-4-3-5-9-25/h3-20,22H,1-2H3,(H,34,38)(H,35,40)(H,36,39)/b29-19-. The number of aromatic nitrogens is 1. The number of thioether (sulfide) groups is 1. The number of carbonyl (C=O) groups excluding carboxylic acids is 4. The topological polar surface area (TPSA) is 117 Å². The highest BCUT2D eigenvalue weighted by molar-refractivity contribution is 8.00. The van der Waals surface area contributed by atoms with E-state index in [1.165, 1.54) is 18.7 Å². The van der Waals surface area contributed by atoms with Gasteiger partial charge in [-0.05, 0) is 92.2 Å². The van der Waals surface area contributed by atoms with Gasteiger partial charge in [0.25, 0.3) is 11.8 Å². The number of ketones is 1. The maximum absolute atomic E-state index is 13.2. The fourth-order valence-corrected chi connectivity index (χ4v) is 4.54. The number of hydrogen-bond acceptors (Lipinski definition) is 6. The maximum atomic E-state index is 13.2. The number of benzene rings is 3. The lowest BCUT2D eigenvalue weighted by atomic mass is 10.1. The monoisotopic (exact) mass is 564 g/mol. The molecule has 4 rings (SSSR count). The second kappa shape index (κ2) is 13.9. The van der Waals surface area contributed by atoms with Crippen LogP contribution in [0.15, 0.2) is 114 Å². The molecule has 0 radical (unpaired) electrons. The Morgan fingerprint density at radius 3 is 2.07 bits per heavy atom. The zero-order valence-corrected chi connectivity index (χ0v) is 23.3. The summed E-state index contributed by atoms with van der Waals surface area (Å²) in [6.07, 6.45) is 4.77. The Morgan fingerprint density at radius 1 is 0.780 bits per heavy atom. The molecule has 1 aromatic heterocycles. The predicted molar refractivity (Wildman–Crippen MR) is 162 cm³/mol. The molecule has 0 aliphatic carbocycles. The molecule has 0 spiro atoms. The molecule has 0 bridgehead atoms. The fraction of sp³-hybridized carbons (Fsp3) is 0.0938. The van der Waals surface area contributed by atoms with Gasteiger partial charge in [-0.15, -0.1) is 11.8 Å². The van der Waals surface area contributed by atoms with E-state index >= 15 is 0 Å². The van der Waals surface area contributed by atoms with Crippen molar-refractivity contribution in [3.63, 3.8) is 0 Å². The van der Waals surface area contributed by atoms with E-state index in [1.807, 2.05) is 0 Å². The number of pyridine rings is 1. The van der Waals surface area contributed by atoms with E-state index in [9.17, 15) is 19.2 Å². The molecular weight excluding hydrogens is 536 g/mol. The van der Waals surface area contributed by atoms with Crippen LogP contribution in [0.25, 0.3) is 6.08 Å². The number of amides is 3. The van der Waals surface area contributed by atoms with Gasteiger partial charge < -0.3 is 16.0 Å². The second-order valence-electron chi connectivity index (χ2n) is 9.03. The Morgan fingerprint density at radius 2 is 1.44 bits per heavy atom. The van der Waals surface area contributed by atoms with Crippen molar-refractivity contribution in [3.8, 4) is 0 Å². The van der Waals surface area contributed by atoms with Gasteiger partial charge in [0.2, 0.25) is 5.91 Å². The van der Waals surface area contributed by atoms with Crippen LogP contribution >= 0.6 is 11.8 Å². The average Bonchev–Trinajstić information content (AvgIpc) is 2.99. The summed E-state index contributed by atoms with van der Waals surface area (Å²) in [5.74, 6) is -1.13. The molecule has 206 valence electrons. The molecule has 41 heavy (non-hydrogen) atoms. The van der Waals surface area contributed by atoms with Crippen molar-refractivity contribution >= 4 is 52.7 Å². The first kappa shape index (κ1) is 29.0. The van der Waals surface area contributed by atoms with Gasteiger partial charge in [-0.1, -0.05) is 24.3 Å². The van der Waals surface area contributed by atoms with Crippen molar-refractivity contribution in [2.45, 2.75) is 24.0 Å². The van der Waals surface area contributed by atoms with E-state index in [4.69, 9.17) is 0 Å². The number of carbonyl (C=O) groups is 4. The van der Waals surface area contributed by atoms with Crippen LogP contribution in [-0.4, -0.2) is 33.7 Å². The van der Waals surface area contributed by atoms with Crippen LogP contribution < -0.4 is 16.0 Å². The number of hydrogen-bond donors (Lipinski definition) is 3. The minimum atomic E-state index is -0.498. The molecule has 3 amide bonds. The van der Waals surface area contributed by atoms with Crippen LogP contribution in [0.1, 0.15) is 40.1 Å². The summed E-state index contributed by atoms with van der Waals surface area (Å²) < 4.78 is 0. The highest BCUT2D eigenvalue weighted by atomic mass is 32.2. The van der Waals surface area contributed by atoms with Gasteiger partial charge in [0.15, 0.2) is 5.78 Å². The Labute approximate surface area is 242 Å². The maximum Gasteiger partial charge on any atom is 0.272 e. The largest absolute Gasteiger partial charge is 0.325 e. The van der Waals surface area contributed by atoms with Gasteiger partial charge in [-0.25, -0.2) is 0 Å². The van der Waals surface area contributed by atoms with E-state index in [0.29, 0.717) is 28.1 Å². The van der Waals surface area contributed by atoms with Crippen LogP contribution in [-0.2, 0) is 9.59 Å². The number of Topliss-reactive ketones (excluding diaryl/α,β-unsaturated/α-hetero) is 1. The zero-order valence-electron chi connectivity index (χ0n) is 22.5. The molecule has 0 saturated carbocycles. The molecular formula is C32H28N4O4S. The predicted octanol–water partition coefficient (Wildman–Crippen LogP) is 5.81. The summed E-state index contributed by atoms with van der Waals surface area (Å²) >= 11 is 1.37. The minimum Gasteiger partial charge on any atom is -0.325 e. The lowest BCUT2D eigenvalue weighted by Gasteiger charge is -2.14. The van der Waals surface area contributed by atoms with Gasteiger partial charge in [0, 0.05) is 39.8 Å². The van der Waals surface area contributed by atoms with Crippen LogP contribution in [0.3, 0.4) is 0 Å². The summed E-state index contributed by atoms with van der Waals surface area (Å²) in [7, 11) is 0. The number of nitrogens with zero attached hydrogens (tertiary/aromatic N) is 1. The summed E-state index contributed by atoms with van der Waals surface area (Å²) in [4.78, 5) is 54.9. The van der Waals surface area contributed by atoms with E-state index in [0.717, 1.165) is 4.90 Å². The first-order valence-corrected chi connectivity index (χ1v) is 13.6.